The highest BCUT2D eigenvalue weighted by Gasteiger charge is 2.30. The molecule has 5 nitrogen and oxygen atoms in total. The number of nitrogens with zero attached hydrogens (tertiary/aromatic N) is 2. The van der Waals surface area contributed by atoms with Gasteiger partial charge in [0.2, 0.25) is 5.91 Å². The molecular formula is C18H20N2O3S. The Hall–Kier alpha value is -2.21. The van der Waals surface area contributed by atoms with Crippen molar-refractivity contribution in [2.24, 2.45) is 0 Å². The van der Waals surface area contributed by atoms with Crippen molar-refractivity contribution in [2.75, 3.05) is 12.4 Å². The van der Waals surface area contributed by atoms with Crippen LogP contribution in [0, 0.1) is 0 Å². The average molecular weight is 344 g/mol. The molecule has 6 heteroatoms. The van der Waals surface area contributed by atoms with Crippen LogP contribution in [0.2, 0.25) is 0 Å². The van der Waals surface area contributed by atoms with Crippen molar-refractivity contribution in [1.29, 1.82) is 0 Å². The van der Waals surface area contributed by atoms with E-state index in [4.69, 9.17) is 4.74 Å². The SMILES string of the molecule is CCOc1cc(C2SCCC(=O)N2Cc2cccnc2)ccc1O. The highest BCUT2D eigenvalue weighted by molar-refractivity contribution is 7.99. The Kier molecular flexibility index (Phi) is 5.25. The summed E-state index contributed by atoms with van der Waals surface area (Å²) in [5.41, 5.74) is 1.96. The highest BCUT2D eigenvalue weighted by Crippen LogP contribution is 2.41. The predicted molar refractivity (Wildman–Crippen MR) is 93.9 cm³/mol. The van der Waals surface area contributed by atoms with Crippen LogP contribution in [0.5, 0.6) is 11.5 Å². The summed E-state index contributed by atoms with van der Waals surface area (Å²) in [6, 6.07) is 9.15. The smallest absolute Gasteiger partial charge is 0.224 e. The van der Waals surface area contributed by atoms with E-state index in [9.17, 15) is 9.90 Å². The number of hydrogen-bond acceptors (Lipinski definition) is 5. The van der Waals surface area contributed by atoms with Crippen molar-refractivity contribution in [3.8, 4) is 11.5 Å². The standard InChI is InChI=1S/C18H20N2O3S/c1-2-23-16-10-14(5-6-15(16)21)18-20(17(22)7-9-24-18)12-13-4-3-8-19-11-13/h3-6,8,10-11,18,21H,2,7,9,12H2,1H3. The van der Waals surface area contributed by atoms with E-state index < -0.39 is 0 Å². The second-order valence-corrected chi connectivity index (χ2v) is 6.70. The van der Waals surface area contributed by atoms with Crippen LogP contribution in [0.4, 0.5) is 0 Å². The lowest BCUT2D eigenvalue weighted by Crippen LogP contribution is -2.36. The number of amides is 1. The van der Waals surface area contributed by atoms with Gasteiger partial charge in [0.15, 0.2) is 11.5 Å². The molecule has 1 N–H and O–H groups in total. The number of thioether (sulfide) groups is 1. The number of carbonyl (C=O) groups excluding carboxylic acids is 1. The molecule has 0 bridgehead atoms. The molecule has 1 aromatic heterocycles. The fourth-order valence-electron chi connectivity index (χ4n) is 2.71. The zero-order valence-electron chi connectivity index (χ0n) is 13.5. The molecule has 1 atom stereocenters. The molecule has 1 fully saturated rings. The average Bonchev–Trinajstić information content (AvgIpc) is 2.60. The molecule has 2 aromatic rings. The summed E-state index contributed by atoms with van der Waals surface area (Å²) >= 11 is 1.73. The van der Waals surface area contributed by atoms with Gasteiger partial charge in [0.25, 0.3) is 0 Å². The Morgan fingerprint density at radius 1 is 1.42 bits per heavy atom. The first-order valence-corrected chi connectivity index (χ1v) is 8.99. The Labute approximate surface area is 145 Å². The van der Waals surface area contributed by atoms with Crippen LogP contribution >= 0.6 is 11.8 Å². The van der Waals surface area contributed by atoms with Gasteiger partial charge in [-0.05, 0) is 36.2 Å². The normalized spacial score (nSPS) is 17.8. The van der Waals surface area contributed by atoms with Crippen LogP contribution in [0.1, 0.15) is 29.8 Å². The Balaban J connectivity index is 1.88. The van der Waals surface area contributed by atoms with Crippen LogP contribution < -0.4 is 4.74 Å². The van der Waals surface area contributed by atoms with Gasteiger partial charge in [0.05, 0.1) is 6.61 Å². The molecule has 0 radical (unpaired) electrons. The van der Waals surface area contributed by atoms with E-state index in [0.29, 0.717) is 25.3 Å². The van der Waals surface area contributed by atoms with Gasteiger partial charge >= 0.3 is 0 Å². The summed E-state index contributed by atoms with van der Waals surface area (Å²) in [4.78, 5) is 18.5. The molecule has 3 rings (SSSR count). The van der Waals surface area contributed by atoms with Crippen LogP contribution in [0.3, 0.4) is 0 Å². The molecule has 1 aliphatic heterocycles. The van der Waals surface area contributed by atoms with Crippen molar-refractivity contribution in [3.05, 3.63) is 53.9 Å². The van der Waals surface area contributed by atoms with E-state index in [1.165, 1.54) is 0 Å². The lowest BCUT2D eigenvalue weighted by Gasteiger charge is -2.35. The number of aromatic hydroxyl groups is 1. The number of benzene rings is 1. The van der Waals surface area contributed by atoms with Crippen LogP contribution in [-0.2, 0) is 11.3 Å². The Bertz CT molecular complexity index is 709. The van der Waals surface area contributed by atoms with Gasteiger partial charge in [0, 0.05) is 31.1 Å². The van der Waals surface area contributed by atoms with E-state index in [1.807, 2.05) is 36.1 Å². The predicted octanol–water partition coefficient (Wildman–Crippen LogP) is 3.35. The van der Waals surface area contributed by atoms with Gasteiger partial charge in [-0.25, -0.2) is 0 Å². The second-order valence-electron chi connectivity index (χ2n) is 5.52. The molecular weight excluding hydrogens is 324 g/mol. The van der Waals surface area contributed by atoms with Crippen molar-refractivity contribution >= 4 is 17.7 Å². The van der Waals surface area contributed by atoms with E-state index in [2.05, 4.69) is 4.98 Å². The van der Waals surface area contributed by atoms with Crippen molar-refractivity contribution in [3.63, 3.8) is 0 Å². The number of aromatic nitrogens is 1. The number of ether oxygens (including phenoxy) is 1. The Morgan fingerprint density at radius 3 is 3.04 bits per heavy atom. The monoisotopic (exact) mass is 344 g/mol. The summed E-state index contributed by atoms with van der Waals surface area (Å²) in [7, 11) is 0. The summed E-state index contributed by atoms with van der Waals surface area (Å²) < 4.78 is 5.48. The fourth-order valence-corrected chi connectivity index (χ4v) is 3.94. The van der Waals surface area contributed by atoms with E-state index in [0.717, 1.165) is 16.9 Å². The second kappa shape index (κ2) is 7.57. The van der Waals surface area contributed by atoms with Crippen LogP contribution in [0.25, 0.3) is 0 Å². The molecule has 1 aliphatic rings. The fraction of sp³-hybridized carbons (Fsp3) is 0.333. The molecule has 1 unspecified atom stereocenters. The minimum absolute atomic E-state index is 0.0914. The lowest BCUT2D eigenvalue weighted by atomic mass is 10.1. The van der Waals surface area contributed by atoms with Gasteiger partial charge < -0.3 is 14.7 Å². The van der Waals surface area contributed by atoms with Crippen LogP contribution in [0.15, 0.2) is 42.7 Å². The van der Waals surface area contributed by atoms with Crippen molar-refractivity contribution < 1.29 is 14.6 Å². The zero-order valence-corrected chi connectivity index (χ0v) is 14.3. The lowest BCUT2D eigenvalue weighted by molar-refractivity contribution is -0.132. The maximum Gasteiger partial charge on any atom is 0.224 e. The summed E-state index contributed by atoms with van der Waals surface area (Å²) in [6.07, 6.45) is 4.05. The van der Waals surface area contributed by atoms with Crippen molar-refractivity contribution in [2.45, 2.75) is 25.3 Å². The van der Waals surface area contributed by atoms with E-state index in [-0.39, 0.29) is 17.0 Å². The third-order valence-corrected chi connectivity index (χ3v) is 5.12. The molecule has 2 heterocycles. The molecule has 0 aliphatic carbocycles. The topological polar surface area (TPSA) is 62.7 Å². The molecule has 0 spiro atoms. The maximum absolute atomic E-state index is 12.5. The quantitative estimate of drug-likeness (QED) is 0.901. The number of hydrogen-bond donors (Lipinski definition) is 1. The summed E-state index contributed by atoms with van der Waals surface area (Å²) in [6.45, 7) is 2.88. The van der Waals surface area contributed by atoms with Crippen LogP contribution in [-0.4, -0.2) is 33.3 Å². The van der Waals surface area contributed by atoms with Gasteiger partial charge in [-0.3, -0.25) is 9.78 Å². The first-order valence-electron chi connectivity index (χ1n) is 7.94. The highest BCUT2D eigenvalue weighted by atomic mass is 32.2. The maximum atomic E-state index is 12.5. The first kappa shape index (κ1) is 16.6. The molecule has 0 saturated carbocycles. The summed E-state index contributed by atoms with van der Waals surface area (Å²) in [5, 5.41) is 9.81. The molecule has 126 valence electrons. The van der Waals surface area contributed by atoms with Gasteiger partial charge in [-0.1, -0.05) is 12.1 Å². The number of carbonyl (C=O) groups is 1. The zero-order chi connectivity index (χ0) is 16.9. The number of pyridine rings is 1. The minimum Gasteiger partial charge on any atom is -0.504 e. The van der Waals surface area contributed by atoms with Gasteiger partial charge in [-0.2, -0.15) is 0 Å². The largest absolute Gasteiger partial charge is 0.504 e. The third kappa shape index (κ3) is 3.64. The third-order valence-electron chi connectivity index (χ3n) is 3.84. The molecule has 1 saturated heterocycles. The van der Waals surface area contributed by atoms with Crippen molar-refractivity contribution in [1.82, 2.24) is 9.88 Å². The number of phenolic OH excluding ortho intramolecular Hbond substituents is 1. The molecule has 1 aromatic carbocycles. The minimum atomic E-state index is -0.0914. The Morgan fingerprint density at radius 2 is 2.29 bits per heavy atom. The summed E-state index contributed by atoms with van der Waals surface area (Å²) in [5.74, 6) is 1.49. The van der Waals surface area contributed by atoms with E-state index >= 15 is 0 Å². The first-order chi connectivity index (χ1) is 11.7. The van der Waals surface area contributed by atoms with Gasteiger partial charge in [-0.15, -0.1) is 11.8 Å². The number of phenols is 1. The van der Waals surface area contributed by atoms with E-state index in [1.54, 1.807) is 30.2 Å². The molecule has 24 heavy (non-hydrogen) atoms. The number of rotatable bonds is 5. The molecule has 1 amide bonds. The van der Waals surface area contributed by atoms with Gasteiger partial charge in [0.1, 0.15) is 5.37 Å².